The highest BCUT2D eigenvalue weighted by Crippen LogP contribution is 2.47. The molecule has 2 rings (SSSR count). The van der Waals surface area contributed by atoms with Gasteiger partial charge in [0.15, 0.2) is 0 Å². The van der Waals surface area contributed by atoms with Crippen LogP contribution in [0, 0.1) is 18.3 Å². The number of furan rings is 1. The van der Waals surface area contributed by atoms with E-state index in [2.05, 4.69) is 24.2 Å². The van der Waals surface area contributed by atoms with Crippen LogP contribution >= 0.6 is 0 Å². The molecule has 1 aliphatic rings. The van der Waals surface area contributed by atoms with Gasteiger partial charge in [0.2, 0.25) is 0 Å². The van der Waals surface area contributed by atoms with Crippen molar-refractivity contribution in [2.45, 2.75) is 38.8 Å². The van der Waals surface area contributed by atoms with E-state index in [4.69, 9.17) is 10.8 Å². The lowest BCUT2D eigenvalue weighted by Gasteiger charge is -2.04. The third-order valence-electron chi connectivity index (χ3n) is 2.99. The number of rotatable bonds is 4. The molecule has 1 aliphatic carbocycles. The lowest BCUT2D eigenvalue weighted by Crippen LogP contribution is -2.23. The molecule has 3 atom stereocenters. The van der Waals surface area contributed by atoms with Gasteiger partial charge in [-0.2, -0.15) is 0 Å². The van der Waals surface area contributed by atoms with Crippen molar-refractivity contribution >= 4 is 0 Å². The maximum Gasteiger partial charge on any atom is 0.118 e. The van der Waals surface area contributed by atoms with E-state index in [1.54, 1.807) is 0 Å². The number of hydrogen-bond donors (Lipinski definition) is 1. The van der Waals surface area contributed by atoms with E-state index in [0.717, 1.165) is 17.4 Å². The van der Waals surface area contributed by atoms with E-state index in [-0.39, 0.29) is 6.04 Å². The van der Waals surface area contributed by atoms with Crippen LogP contribution in [0.1, 0.15) is 37.7 Å². The van der Waals surface area contributed by atoms with Gasteiger partial charge in [0, 0.05) is 5.92 Å². The van der Waals surface area contributed by atoms with Crippen molar-refractivity contribution in [2.24, 2.45) is 5.92 Å². The van der Waals surface area contributed by atoms with Gasteiger partial charge >= 0.3 is 0 Å². The number of nitrogens with one attached hydrogen (secondary N) is 1. The molecule has 1 fully saturated rings. The first-order valence-corrected chi connectivity index (χ1v) is 5.49. The summed E-state index contributed by atoms with van der Waals surface area (Å²) in [6, 6.07) is 4.22. The molecule has 3 unspecified atom stereocenters. The molecule has 2 heteroatoms. The van der Waals surface area contributed by atoms with E-state index >= 15 is 0 Å². The van der Waals surface area contributed by atoms with Crippen LogP contribution in [0.4, 0.5) is 0 Å². The van der Waals surface area contributed by atoms with Gasteiger partial charge < -0.3 is 4.42 Å². The zero-order valence-electron chi connectivity index (χ0n) is 9.29. The summed E-state index contributed by atoms with van der Waals surface area (Å²) in [7, 11) is 0. The van der Waals surface area contributed by atoms with E-state index in [9.17, 15) is 0 Å². The van der Waals surface area contributed by atoms with Crippen LogP contribution in [0.3, 0.4) is 0 Å². The Bertz CT molecular complexity index is 374. The SMILES string of the molecule is C#CC(C)NCc1ccc(C2CC2C)o1. The molecule has 0 aromatic carbocycles. The fraction of sp³-hybridized carbons (Fsp3) is 0.538. The summed E-state index contributed by atoms with van der Waals surface area (Å²) >= 11 is 0. The van der Waals surface area contributed by atoms with Crippen LogP contribution in [-0.4, -0.2) is 6.04 Å². The highest BCUT2D eigenvalue weighted by Gasteiger charge is 2.36. The number of hydrogen-bond acceptors (Lipinski definition) is 2. The fourth-order valence-electron chi connectivity index (χ4n) is 1.72. The molecular formula is C13H17NO. The first-order valence-electron chi connectivity index (χ1n) is 5.49. The second-order valence-electron chi connectivity index (χ2n) is 4.39. The Morgan fingerprint density at radius 3 is 3.00 bits per heavy atom. The molecule has 15 heavy (non-hydrogen) atoms. The van der Waals surface area contributed by atoms with E-state index in [0.29, 0.717) is 12.5 Å². The lowest BCUT2D eigenvalue weighted by molar-refractivity contribution is 0.440. The molecule has 0 saturated heterocycles. The second kappa shape index (κ2) is 4.12. The molecule has 1 N–H and O–H groups in total. The molecule has 1 aromatic heterocycles. The maximum absolute atomic E-state index is 5.74. The molecule has 0 aliphatic heterocycles. The Labute approximate surface area is 91.1 Å². The minimum absolute atomic E-state index is 0.0957. The topological polar surface area (TPSA) is 25.2 Å². The smallest absolute Gasteiger partial charge is 0.118 e. The largest absolute Gasteiger partial charge is 0.464 e. The van der Waals surface area contributed by atoms with Crippen molar-refractivity contribution in [1.29, 1.82) is 0 Å². The highest BCUT2D eigenvalue weighted by atomic mass is 16.3. The van der Waals surface area contributed by atoms with Crippen LogP contribution < -0.4 is 5.32 Å². The predicted octanol–water partition coefficient (Wildman–Crippen LogP) is 2.51. The minimum Gasteiger partial charge on any atom is -0.464 e. The standard InChI is InChI=1S/C13H17NO/c1-4-10(3)14-8-11-5-6-13(15-11)12-7-9(12)2/h1,5-6,9-10,12,14H,7-8H2,2-3H3. The van der Waals surface area contributed by atoms with Gasteiger partial charge in [0.05, 0.1) is 12.6 Å². The van der Waals surface area contributed by atoms with Gasteiger partial charge in [-0.1, -0.05) is 12.8 Å². The summed E-state index contributed by atoms with van der Waals surface area (Å²) in [5.74, 6) is 6.19. The monoisotopic (exact) mass is 203 g/mol. The average molecular weight is 203 g/mol. The molecule has 0 bridgehead atoms. The van der Waals surface area contributed by atoms with Crippen LogP contribution in [0.2, 0.25) is 0 Å². The molecular weight excluding hydrogens is 186 g/mol. The predicted molar refractivity (Wildman–Crippen MR) is 60.4 cm³/mol. The zero-order valence-corrected chi connectivity index (χ0v) is 9.29. The first kappa shape index (κ1) is 10.3. The van der Waals surface area contributed by atoms with Crippen LogP contribution in [-0.2, 0) is 6.54 Å². The summed E-state index contributed by atoms with van der Waals surface area (Å²) in [6.45, 7) is 4.94. The minimum atomic E-state index is 0.0957. The van der Waals surface area contributed by atoms with Gasteiger partial charge in [0.1, 0.15) is 11.5 Å². The third kappa shape index (κ3) is 2.43. The van der Waals surface area contributed by atoms with Gasteiger partial charge in [-0.3, -0.25) is 5.32 Å². The maximum atomic E-state index is 5.74. The van der Waals surface area contributed by atoms with Crippen molar-refractivity contribution in [1.82, 2.24) is 5.32 Å². The third-order valence-corrected chi connectivity index (χ3v) is 2.99. The molecule has 2 nitrogen and oxygen atoms in total. The van der Waals surface area contributed by atoms with Crippen LogP contribution in [0.25, 0.3) is 0 Å². The van der Waals surface area contributed by atoms with Crippen molar-refractivity contribution in [3.8, 4) is 12.3 Å². The Morgan fingerprint density at radius 1 is 1.67 bits per heavy atom. The second-order valence-corrected chi connectivity index (χ2v) is 4.39. The summed E-state index contributed by atoms with van der Waals surface area (Å²) in [5.41, 5.74) is 0. The summed E-state index contributed by atoms with van der Waals surface area (Å²) in [4.78, 5) is 0. The number of terminal acetylenes is 1. The van der Waals surface area contributed by atoms with Crippen molar-refractivity contribution < 1.29 is 4.42 Å². The summed E-state index contributed by atoms with van der Waals surface area (Å²) in [5, 5.41) is 3.20. The van der Waals surface area contributed by atoms with E-state index in [1.165, 1.54) is 6.42 Å². The van der Waals surface area contributed by atoms with E-state index < -0.39 is 0 Å². The van der Waals surface area contributed by atoms with Crippen LogP contribution in [0.15, 0.2) is 16.5 Å². The molecule has 0 radical (unpaired) electrons. The van der Waals surface area contributed by atoms with Gasteiger partial charge in [-0.25, -0.2) is 0 Å². The molecule has 1 saturated carbocycles. The quantitative estimate of drug-likeness (QED) is 0.761. The van der Waals surface area contributed by atoms with Crippen molar-refractivity contribution in [2.75, 3.05) is 0 Å². The Morgan fingerprint density at radius 2 is 2.40 bits per heavy atom. The lowest BCUT2D eigenvalue weighted by atomic mass is 10.3. The average Bonchev–Trinajstić information content (AvgIpc) is 2.80. The van der Waals surface area contributed by atoms with Gasteiger partial charge in [0.25, 0.3) is 0 Å². The normalized spacial score (nSPS) is 25.9. The van der Waals surface area contributed by atoms with Gasteiger partial charge in [-0.05, 0) is 31.4 Å². The molecule has 1 aromatic rings. The Balaban J connectivity index is 1.88. The first-order chi connectivity index (χ1) is 7.20. The fourth-order valence-corrected chi connectivity index (χ4v) is 1.72. The summed E-state index contributed by atoms with van der Waals surface area (Å²) in [6.07, 6.45) is 6.54. The Hall–Kier alpha value is -1.20. The van der Waals surface area contributed by atoms with Crippen LogP contribution in [0.5, 0.6) is 0 Å². The van der Waals surface area contributed by atoms with E-state index in [1.807, 2.05) is 13.0 Å². The summed E-state index contributed by atoms with van der Waals surface area (Å²) < 4.78 is 5.74. The highest BCUT2D eigenvalue weighted by molar-refractivity contribution is 5.17. The zero-order chi connectivity index (χ0) is 10.8. The van der Waals surface area contributed by atoms with Crippen molar-refractivity contribution in [3.63, 3.8) is 0 Å². The van der Waals surface area contributed by atoms with Gasteiger partial charge in [-0.15, -0.1) is 6.42 Å². The Kier molecular flexibility index (Phi) is 2.83. The molecule has 0 amide bonds. The molecule has 1 heterocycles. The van der Waals surface area contributed by atoms with Crippen molar-refractivity contribution in [3.05, 3.63) is 23.7 Å². The molecule has 0 spiro atoms. The molecule has 80 valence electrons.